The maximum atomic E-state index is 12.5. The van der Waals surface area contributed by atoms with Crippen LogP contribution < -0.4 is 10.9 Å². The van der Waals surface area contributed by atoms with Gasteiger partial charge in [0.15, 0.2) is 10.8 Å². The molecule has 0 saturated carbocycles. The number of rotatable bonds is 6. The number of esters is 1. The summed E-state index contributed by atoms with van der Waals surface area (Å²) in [6.45, 7) is 3.64. The fourth-order valence-electron chi connectivity index (χ4n) is 2.66. The van der Waals surface area contributed by atoms with Crippen LogP contribution in [0.1, 0.15) is 35.1 Å². The van der Waals surface area contributed by atoms with Crippen LogP contribution in [0.15, 0.2) is 47.5 Å². The minimum atomic E-state index is -0.552. The van der Waals surface area contributed by atoms with E-state index in [0.717, 1.165) is 10.4 Å². The number of thiazole rings is 1. The number of anilines is 1. The first-order valence-corrected chi connectivity index (χ1v) is 9.71. The molecule has 0 aliphatic carbocycles. The molecular formula is C20H20N4O4S. The largest absolute Gasteiger partial charge is 0.464 e. The Balaban J connectivity index is 1.79. The van der Waals surface area contributed by atoms with Gasteiger partial charge in [-0.3, -0.25) is 9.59 Å². The number of carbonyl (C=O) groups is 2. The molecule has 3 aromatic rings. The minimum Gasteiger partial charge on any atom is -0.464 e. The van der Waals surface area contributed by atoms with E-state index in [2.05, 4.69) is 15.3 Å². The van der Waals surface area contributed by atoms with E-state index in [0.29, 0.717) is 5.69 Å². The number of nitrogens with zero attached hydrogens (tertiary/aromatic N) is 3. The Bertz CT molecular complexity index is 1090. The Labute approximate surface area is 171 Å². The van der Waals surface area contributed by atoms with Crippen LogP contribution in [0, 0.1) is 0 Å². The third-order valence-electron chi connectivity index (χ3n) is 4.06. The molecule has 8 nitrogen and oxygen atoms in total. The van der Waals surface area contributed by atoms with Crippen molar-refractivity contribution in [2.45, 2.75) is 26.3 Å². The maximum Gasteiger partial charge on any atom is 0.357 e. The lowest BCUT2D eigenvalue weighted by molar-refractivity contribution is -0.116. The van der Waals surface area contributed by atoms with Crippen LogP contribution in [-0.2, 0) is 16.1 Å². The first kappa shape index (κ1) is 20.4. The molecule has 9 heteroatoms. The van der Waals surface area contributed by atoms with Crippen LogP contribution in [0.4, 0.5) is 5.13 Å². The van der Waals surface area contributed by atoms with Crippen LogP contribution in [0.5, 0.6) is 0 Å². The van der Waals surface area contributed by atoms with Crippen molar-refractivity contribution in [3.05, 3.63) is 63.7 Å². The smallest absolute Gasteiger partial charge is 0.357 e. The van der Waals surface area contributed by atoms with E-state index in [1.165, 1.54) is 29.2 Å². The van der Waals surface area contributed by atoms with Crippen molar-refractivity contribution in [1.82, 2.24) is 14.5 Å². The molecule has 0 aliphatic heterocycles. The predicted molar refractivity (Wildman–Crippen MR) is 110 cm³/mol. The Morgan fingerprint density at radius 2 is 1.97 bits per heavy atom. The third kappa shape index (κ3) is 4.75. The molecule has 0 radical (unpaired) electrons. The normalized spacial score (nSPS) is 10.8. The summed E-state index contributed by atoms with van der Waals surface area (Å²) < 4.78 is 6.03. The van der Waals surface area contributed by atoms with Crippen molar-refractivity contribution in [1.29, 1.82) is 0 Å². The maximum absolute atomic E-state index is 12.5. The van der Waals surface area contributed by atoms with Crippen LogP contribution in [0.2, 0.25) is 0 Å². The quantitative estimate of drug-likeness (QED) is 0.625. The molecule has 2 heterocycles. The molecular weight excluding hydrogens is 392 g/mol. The Morgan fingerprint density at radius 3 is 2.62 bits per heavy atom. The Kier molecular flexibility index (Phi) is 6.18. The second kappa shape index (κ2) is 8.78. The second-order valence-electron chi connectivity index (χ2n) is 6.53. The summed E-state index contributed by atoms with van der Waals surface area (Å²) in [6, 6.07) is 9.36. The van der Waals surface area contributed by atoms with Crippen molar-refractivity contribution in [2.75, 3.05) is 12.4 Å². The van der Waals surface area contributed by atoms with E-state index in [1.807, 2.05) is 44.2 Å². The van der Waals surface area contributed by atoms with Crippen molar-refractivity contribution in [3.63, 3.8) is 0 Å². The highest BCUT2D eigenvalue weighted by molar-refractivity contribution is 7.16. The van der Waals surface area contributed by atoms with E-state index in [-0.39, 0.29) is 23.3 Å². The second-order valence-corrected chi connectivity index (χ2v) is 7.56. The topological polar surface area (TPSA) is 103 Å². The number of nitrogens with one attached hydrogen (secondary N) is 1. The molecule has 0 saturated heterocycles. The fourth-order valence-corrected chi connectivity index (χ4v) is 3.63. The SMILES string of the molecule is COC(=O)c1nc(NC(=O)Cn2cc(-c3ccccc3)ncc2=O)sc1C(C)C. The lowest BCUT2D eigenvalue weighted by Gasteiger charge is -2.07. The highest BCUT2D eigenvalue weighted by atomic mass is 32.1. The first-order chi connectivity index (χ1) is 13.9. The molecule has 1 aromatic carbocycles. The zero-order valence-electron chi connectivity index (χ0n) is 16.2. The monoisotopic (exact) mass is 412 g/mol. The summed E-state index contributed by atoms with van der Waals surface area (Å²) in [4.78, 5) is 45.5. The molecule has 29 heavy (non-hydrogen) atoms. The number of benzene rings is 1. The van der Waals surface area contributed by atoms with Crippen LogP contribution in [-0.4, -0.2) is 33.5 Å². The van der Waals surface area contributed by atoms with Gasteiger partial charge in [0.05, 0.1) is 19.0 Å². The Hall–Kier alpha value is -3.33. The van der Waals surface area contributed by atoms with Gasteiger partial charge in [-0.15, -0.1) is 11.3 Å². The molecule has 1 N–H and O–H groups in total. The number of carbonyl (C=O) groups excluding carboxylic acids is 2. The number of methoxy groups -OCH3 is 1. The van der Waals surface area contributed by atoms with Gasteiger partial charge in [-0.05, 0) is 5.92 Å². The van der Waals surface area contributed by atoms with Gasteiger partial charge in [-0.25, -0.2) is 14.8 Å². The van der Waals surface area contributed by atoms with Crippen LogP contribution in [0.25, 0.3) is 11.3 Å². The lowest BCUT2D eigenvalue weighted by Crippen LogP contribution is -2.27. The zero-order valence-corrected chi connectivity index (χ0v) is 17.0. The average Bonchev–Trinajstić information content (AvgIpc) is 3.13. The zero-order chi connectivity index (χ0) is 21.0. The lowest BCUT2D eigenvalue weighted by atomic mass is 10.1. The van der Waals surface area contributed by atoms with Gasteiger partial charge in [0.2, 0.25) is 5.91 Å². The molecule has 3 rings (SSSR count). The molecule has 0 unspecified atom stereocenters. The fraction of sp³-hybridized carbons (Fsp3) is 0.250. The van der Waals surface area contributed by atoms with Gasteiger partial charge in [0, 0.05) is 16.6 Å². The molecule has 2 aromatic heterocycles. The van der Waals surface area contributed by atoms with Gasteiger partial charge in [0.1, 0.15) is 6.54 Å². The van der Waals surface area contributed by atoms with Gasteiger partial charge < -0.3 is 14.6 Å². The summed E-state index contributed by atoms with van der Waals surface area (Å²) in [7, 11) is 1.28. The molecule has 0 atom stereocenters. The molecule has 0 fully saturated rings. The molecule has 0 aliphatic rings. The van der Waals surface area contributed by atoms with Gasteiger partial charge in [0.25, 0.3) is 5.56 Å². The summed E-state index contributed by atoms with van der Waals surface area (Å²) >= 11 is 1.21. The van der Waals surface area contributed by atoms with E-state index >= 15 is 0 Å². The standard InChI is InChI=1S/C20H20N4O4S/c1-12(2)18-17(19(27)28-3)23-20(29-18)22-15(25)11-24-10-14(21-9-16(24)26)13-7-5-4-6-8-13/h4-10,12H,11H2,1-3H3,(H,22,23,25). The molecule has 1 amide bonds. The summed E-state index contributed by atoms with van der Waals surface area (Å²) in [6.07, 6.45) is 2.73. The van der Waals surface area contributed by atoms with Gasteiger partial charge in [-0.1, -0.05) is 44.2 Å². The van der Waals surface area contributed by atoms with Crippen molar-refractivity contribution in [3.8, 4) is 11.3 Å². The Morgan fingerprint density at radius 1 is 1.24 bits per heavy atom. The third-order valence-corrected chi connectivity index (χ3v) is 5.33. The van der Waals surface area contributed by atoms with E-state index < -0.39 is 17.4 Å². The summed E-state index contributed by atoms with van der Waals surface area (Å²) in [5.74, 6) is -0.940. The average molecular weight is 412 g/mol. The van der Waals surface area contributed by atoms with Crippen molar-refractivity contribution >= 4 is 28.3 Å². The van der Waals surface area contributed by atoms with Gasteiger partial charge >= 0.3 is 5.97 Å². The van der Waals surface area contributed by atoms with E-state index in [4.69, 9.17) is 4.74 Å². The summed E-state index contributed by atoms with van der Waals surface area (Å²) in [5, 5.41) is 2.93. The highest BCUT2D eigenvalue weighted by Gasteiger charge is 2.22. The van der Waals surface area contributed by atoms with Crippen molar-refractivity contribution in [2.24, 2.45) is 0 Å². The van der Waals surface area contributed by atoms with Gasteiger partial charge in [-0.2, -0.15) is 0 Å². The molecule has 0 bridgehead atoms. The number of ether oxygens (including phenoxy) is 1. The van der Waals surface area contributed by atoms with E-state index in [1.54, 1.807) is 6.20 Å². The van der Waals surface area contributed by atoms with E-state index in [9.17, 15) is 14.4 Å². The van der Waals surface area contributed by atoms with Crippen LogP contribution in [0.3, 0.4) is 0 Å². The number of amides is 1. The highest BCUT2D eigenvalue weighted by Crippen LogP contribution is 2.30. The molecule has 150 valence electrons. The minimum absolute atomic E-state index is 0.0449. The number of aromatic nitrogens is 3. The van der Waals surface area contributed by atoms with Crippen LogP contribution >= 0.6 is 11.3 Å². The number of hydrogen-bond donors (Lipinski definition) is 1. The first-order valence-electron chi connectivity index (χ1n) is 8.90. The molecule has 0 spiro atoms. The number of hydrogen-bond acceptors (Lipinski definition) is 7. The predicted octanol–water partition coefficient (Wildman–Crippen LogP) is 2.92. The summed E-state index contributed by atoms with van der Waals surface area (Å²) in [5.41, 5.74) is 1.22. The van der Waals surface area contributed by atoms with Crippen molar-refractivity contribution < 1.29 is 14.3 Å².